The highest BCUT2D eigenvalue weighted by Crippen LogP contribution is 2.33. The Morgan fingerprint density at radius 1 is 1.07 bits per heavy atom. The van der Waals surface area contributed by atoms with Crippen LogP contribution < -0.4 is 0 Å². The summed E-state index contributed by atoms with van der Waals surface area (Å²) >= 11 is 3.55. The summed E-state index contributed by atoms with van der Waals surface area (Å²) in [5, 5.41) is 0. The minimum Gasteiger partial charge on any atom is -0.0848 e. The van der Waals surface area contributed by atoms with Crippen LogP contribution in [0.5, 0.6) is 0 Å². The summed E-state index contributed by atoms with van der Waals surface area (Å²) in [4.78, 5) is 0.533. The molecule has 0 heterocycles. The normalized spacial score (nSPS) is 31.2. The van der Waals surface area contributed by atoms with Crippen LogP contribution in [0.2, 0.25) is 0 Å². The van der Waals surface area contributed by atoms with Crippen molar-refractivity contribution in [1.29, 1.82) is 0 Å². The van der Waals surface area contributed by atoms with E-state index < -0.39 is 0 Å². The van der Waals surface area contributed by atoms with Gasteiger partial charge in [-0.3, -0.25) is 0 Å². The fourth-order valence-electron chi connectivity index (χ4n) is 2.31. The molecule has 0 aromatic rings. The van der Waals surface area contributed by atoms with E-state index in [1.165, 1.54) is 25.7 Å². The quantitative estimate of drug-likeness (QED) is 0.505. The molecule has 1 saturated carbocycles. The summed E-state index contributed by atoms with van der Waals surface area (Å²) in [7, 11) is 0. The first-order valence-electron chi connectivity index (χ1n) is 5.92. The van der Waals surface area contributed by atoms with Crippen molar-refractivity contribution in [3.8, 4) is 0 Å². The maximum Gasteiger partial charge on any atom is 0.0297 e. The molecule has 0 saturated heterocycles. The van der Waals surface area contributed by atoms with E-state index in [4.69, 9.17) is 0 Å². The van der Waals surface area contributed by atoms with Crippen molar-refractivity contribution in [2.75, 3.05) is 0 Å². The fourth-order valence-corrected chi connectivity index (χ4v) is 2.49. The molecule has 1 fully saturated rings. The van der Waals surface area contributed by atoms with E-state index in [1.807, 2.05) is 0 Å². The Balaban J connectivity index is 2.29. The highest BCUT2D eigenvalue weighted by molar-refractivity contribution is 9.09. The molecule has 0 bridgehead atoms. The second-order valence-electron chi connectivity index (χ2n) is 4.98. The summed E-state index contributed by atoms with van der Waals surface area (Å²) in [5.74, 6) is 2.72. The van der Waals surface area contributed by atoms with Gasteiger partial charge in [0.2, 0.25) is 0 Å². The first kappa shape index (κ1) is 12.3. The predicted octanol–water partition coefficient (Wildman–Crippen LogP) is 4.79. The second-order valence-corrected chi connectivity index (χ2v) is 6.43. The Kier molecular flexibility index (Phi) is 5.22. The van der Waals surface area contributed by atoms with Crippen LogP contribution in [0.4, 0.5) is 0 Å². The average Bonchev–Trinajstić information content (AvgIpc) is 2.15. The van der Waals surface area contributed by atoms with E-state index in [9.17, 15) is 0 Å². The largest absolute Gasteiger partial charge is 0.0848 e. The van der Waals surface area contributed by atoms with Crippen LogP contribution in [0, 0.1) is 17.8 Å². The Labute approximate surface area is 97.3 Å². The van der Waals surface area contributed by atoms with Crippen molar-refractivity contribution in [3.63, 3.8) is 0 Å². The summed E-state index contributed by atoms with van der Waals surface area (Å²) in [6.45, 7) is 6.90. The van der Waals surface area contributed by atoms with Gasteiger partial charge in [-0.25, -0.2) is 0 Å². The lowest BCUT2D eigenvalue weighted by Crippen LogP contribution is -2.17. The summed E-state index contributed by atoms with van der Waals surface area (Å²) in [6.07, 6.45) is 10.4. The number of allylic oxidation sites excluding steroid dienone is 2. The molecule has 0 amide bonds. The number of hydrogen-bond acceptors (Lipinski definition) is 0. The number of halogens is 1. The molecule has 1 aliphatic rings. The predicted molar refractivity (Wildman–Crippen MR) is 67.8 cm³/mol. The van der Waals surface area contributed by atoms with Crippen LogP contribution >= 0.6 is 15.9 Å². The molecular formula is C13H23Br. The molecule has 1 atom stereocenters. The molecule has 0 N–H and O–H groups in total. The van der Waals surface area contributed by atoms with Gasteiger partial charge in [-0.1, -0.05) is 41.9 Å². The molecule has 0 spiro atoms. The molecule has 0 aliphatic heterocycles. The number of hydrogen-bond donors (Lipinski definition) is 0. The molecule has 1 unspecified atom stereocenters. The van der Waals surface area contributed by atoms with E-state index in [0.717, 1.165) is 17.8 Å². The lowest BCUT2D eigenvalue weighted by molar-refractivity contribution is 0.248. The second kappa shape index (κ2) is 5.95. The van der Waals surface area contributed by atoms with Crippen LogP contribution in [-0.4, -0.2) is 4.83 Å². The molecule has 0 radical (unpaired) electrons. The Bertz CT molecular complexity index is 174. The van der Waals surface area contributed by atoms with Gasteiger partial charge in [0.05, 0.1) is 0 Å². The maximum atomic E-state index is 3.55. The zero-order chi connectivity index (χ0) is 10.6. The SMILES string of the molecule is CC(Br)/C=C/C1CCC(C(C)C)CC1. The molecule has 82 valence electrons. The van der Waals surface area contributed by atoms with Crippen LogP contribution in [0.25, 0.3) is 0 Å². The van der Waals surface area contributed by atoms with Crippen LogP contribution in [-0.2, 0) is 0 Å². The fraction of sp³-hybridized carbons (Fsp3) is 0.846. The Hall–Kier alpha value is 0.220. The van der Waals surface area contributed by atoms with Crippen molar-refractivity contribution in [1.82, 2.24) is 0 Å². The molecule has 1 aliphatic carbocycles. The van der Waals surface area contributed by atoms with E-state index in [0.29, 0.717) is 4.83 Å². The smallest absolute Gasteiger partial charge is 0.0297 e. The van der Waals surface area contributed by atoms with E-state index in [1.54, 1.807) is 0 Å². The lowest BCUT2D eigenvalue weighted by Gasteiger charge is -2.29. The average molecular weight is 259 g/mol. The highest BCUT2D eigenvalue weighted by Gasteiger charge is 2.21. The lowest BCUT2D eigenvalue weighted by atomic mass is 9.77. The minimum atomic E-state index is 0.533. The first-order valence-corrected chi connectivity index (χ1v) is 6.83. The zero-order valence-corrected chi connectivity index (χ0v) is 11.3. The topological polar surface area (TPSA) is 0 Å². The van der Waals surface area contributed by atoms with Gasteiger partial charge in [0.15, 0.2) is 0 Å². The van der Waals surface area contributed by atoms with Gasteiger partial charge < -0.3 is 0 Å². The molecule has 0 nitrogen and oxygen atoms in total. The van der Waals surface area contributed by atoms with Crippen molar-refractivity contribution in [2.24, 2.45) is 17.8 Å². The summed E-state index contributed by atoms with van der Waals surface area (Å²) in [6, 6.07) is 0. The molecule has 0 aromatic carbocycles. The molecule has 1 rings (SSSR count). The third-order valence-corrected chi connectivity index (χ3v) is 3.71. The standard InChI is InChI=1S/C13H23Br/c1-10(2)13-8-6-12(7-9-13)5-4-11(3)14/h4-5,10-13H,6-9H2,1-3H3/b5-4+. The van der Waals surface area contributed by atoms with Gasteiger partial charge in [0.1, 0.15) is 0 Å². The number of rotatable bonds is 3. The molecule has 1 heteroatoms. The zero-order valence-electron chi connectivity index (χ0n) is 9.67. The van der Waals surface area contributed by atoms with E-state index in [-0.39, 0.29) is 0 Å². The van der Waals surface area contributed by atoms with Crippen molar-refractivity contribution in [2.45, 2.75) is 51.3 Å². The van der Waals surface area contributed by atoms with Gasteiger partial charge in [0, 0.05) is 4.83 Å². The number of alkyl halides is 1. The third-order valence-electron chi connectivity index (χ3n) is 3.41. The summed E-state index contributed by atoms with van der Waals surface area (Å²) < 4.78 is 0. The minimum absolute atomic E-state index is 0.533. The van der Waals surface area contributed by atoms with Gasteiger partial charge in [0.25, 0.3) is 0 Å². The highest BCUT2D eigenvalue weighted by atomic mass is 79.9. The van der Waals surface area contributed by atoms with Crippen LogP contribution in [0.1, 0.15) is 46.5 Å². The molecule has 14 heavy (non-hydrogen) atoms. The Morgan fingerprint density at radius 2 is 1.64 bits per heavy atom. The van der Waals surface area contributed by atoms with Crippen LogP contribution in [0.15, 0.2) is 12.2 Å². The maximum absolute atomic E-state index is 3.55. The molecular weight excluding hydrogens is 236 g/mol. The van der Waals surface area contributed by atoms with Gasteiger partial charge in [-0.15, -0.1) is 0 Å². The molecule has 0 aromatic heterocycles. The van der Waals surface area contributed by atoms with Gasteiger partial charge >= 0.3 is 0 Å². The van der Waals surface area contributed by atoms with Gasteiger partial charge in [-0.05, 0) is 50.4 Å². The first-order chi connectivity index (χ1) is 6.59. The van der Waals surface area contributed by atoms with Crippen molar-refractivity contribution >= 4 is 15.9 Å². The van der Waals surface area contributed by atoms with Crippen LogP contribution in [0.3, 0.4) is 0 Å². The van der Waals surface area contributed by atoms with Crippen molar-refractivity contribution < 1.29 is 0 Å². The monoisotopic (exact) mass is 258 g/mol. The summed E-state index contributed by atoms with van der Waals surface area (Å²) in [5.41, 5.74) is 0. The van der Waals surface area contributed by atoms with E-state index in [2.05, 4.69) is 48.9 Å². The van der Waals surface area contributed by atoms with Gasteiger partial charge in [-0.2, -0.15) is 0 Å². The van der Waals surface area contributed by atoms with E-state index >= 15 is 0 Å². The Morgan fingerprint density at radius 3 is 2.07 bits per heavy atom. The third kappa shape index (κ3) is 4.16. The van der Waals surface area contributed by atoms with Crippen molar-refractivity contribution in [3.05, 3.63) is 12.2 Å².